The van der Waals surface area contributed by atoms with Gasteiger partial charge in [0.25, 0.3) is 0 Å². The number of hydrogen-bond acceptors (Lipinski definition) is 4. The van der Waals surface area contributed by atoms with Gasteiger partial charge in [0.2, 0.25) is 7.59 Å². The summed E-state index contributed by atoms with van der Waals surface area (Å²) in [6.45, 7) is 6.29. The van der Waals surface area contributed by atoms with Gasteiger partial charge in [-0.1, -0.05) is 90.4 Å². The third-order valence-electron chi connectivity index (χ3n) is 3.28. The zero-order valence-corrected chi connectivity index (χ0v) is 18.0. The van der Waals surface area contributed by atoms with Gasteiger partial charge in [-0.15, -0.1) is 0 Å². The smallest absolute Gasteiger partial charge is 0.250 e. The second-order valence-corrected chi connectivity index (χ2v) is 10.9. The maximum atomic E-state index is 5.89. The van der Waals surface area contributed by atoms with Crippen molar-refractivity contribution in [1.82, 2.24) is 5.32 Å². The van der Waals surface area contributed by atoms with Gasteiger partial charge in [-0.25, -0.2) is 9.98 Å². The molecular weight excluding hydrogens is 451 g/mol. The normalized spacial score (nSPS) is 18.0. The van der Waals surface area contributed by atoms with Crippen LogP contribution in [0.4, 0.5) is 0 Å². The predicted octanol–water partition coefficient (Wildman–Crippen LogP) is 6.10. The fraction of sp³-hybridized carbons (Fsp3) is 0.467. The summed E-state index contributed by atoms with van der Waals surface area (Å²) >= 11 is 35.3. The summed E-state index contributed by atoms with van der Waals surface area (Å²) in [5.74, 6) is 0.272. The fourth-order valence-electron chi connectivity index (χ4n) is 2.13. The summed E-state index contributed by atoms with van der Waals surface area (Å²) in [7, 11) is 0. The molecule has 0 saturated carbocycles. The molecular formula is C15H15Cl6N3O. The van der Waals surface area contributed by atoms with Gasteiger partial charge in [0, 0.05) is 0 Å². The lowest BCUT2D eigenvalue weighted by Gasteiger charge is -2.23. The summed E-state index contributed by atoms with van der Waals surface area (Å²) in [4.78, 5) is 8.17. The number of aliphatic imine (C=N–C) groups is 2. The second-order valence-electron chi connectivity index (χ2n) is 6.37. The number of halogens is 6. The first-order valence-corrected chi connectivity index (χ1v) is 9.40. The van der Waals surface area contributed by atoms with E-state index in [2.05, 4.69) is 36.1 Å². The van der Waals surface area contributed by atoms with Gasteiger partial charge in [0.15, 0.2) is 11.7 Å². The summed E-state index contributed by atoms with van der Waals surface area (Å²) in [5, 5.41) is 2.84. The predicted molar refractivity (Wildman–Crippen MR) is 108 cm³/mol. The van der Waals surface area contributed by atoms with E-state index in [9.17, 15) is 0 Å². The molecule has 2 heterocycles. The Balaban J connectivity index is 2.33. The number of alkyl halides is 6. The largest absolute Gasteiger partial charge is 0.472 e. The van der Waals surface area contributed by atoms with Crippen molar-refractivity contribution >= 4 is 81.3 Å². The highest BCUT2D eigenvalue weighted by Crippen LogP contribution is 2.34. The minimum absolute atomic E-state index is 0.00307. The van der Waals surface area contributed by atoms with Crippen molar-refractivity contribution in [3.8, 4) is 0 Å². The van der Waals surface area contributed by atoms with Crippen molar-refractivity contribution in [3.05, 3.63) is 35.6 Å². The van der Waals surface area contributed by atoms with Gasteiger partial charge in [0.05, 0.1) is 12.5 Å². The van der Waals surface area contributed by atoms with E-state index in [0.29, 0.717) is 12.2 Å². The van der Waals surface area contributed by atoms with Crippen molar-refractivity contribution in [3.63, 3.8) is 0 Å². The molecule has 1 aromatic rings. The zero-order chi connectivity index (χ0) is 19.0. The minimum Gasteiger partial charge on any atom is -0.472 e. The standard InChI is InChI=1S/C15H15Cl6N3O/c1-13(2,3)9-7-25-6-8(9)4-5-10-22-11(14(16,17)18)24-12(23-10)15(19,20)21/h5-7H,4H2,1-3H3,(H,22,23,24). The molecule has 0 amide bonds. The summed E-state index contributed by atoms with van der Waals surface area (Å²) in [6.07, 6.45) is 5.72. The zero-order valence-electron chi connectivity index (χ0n) is 13.5. The van der Waals surface area contributed by atoms with Crippen LogP contribution in [-0.2, 0) is 11.8 Å². The van der Waals surface area contributed by atoms with Crippen LogP contribution in [0.2, 0.25) is 0 Å². The number of allylic oxidation sites excluding steroid dienone is 1. The molecule has 10 heteroatoms. The number of nitrogens with one attached hydrogen (secondary N) is 1. The molecule has 0 saturated heterocycles. The maximum absolute atomic E-state index is 5.89. The average Bonchev–Trinajstić information content (AvgIpc) is 2.91. The molecule has 25 heavy (non-hydrogen) atoms. The third-order valence-corrected chi connectivity index (χ3v) is 4.32. The Hall–Kier alpha value is -0.100. The third kappa shape index (κ3) is 5.69. The highest BCUT2D eigenvalue weighted by Gasteiger charge is 2.36. The van der Waals surface area contributed by atoms with E-state index in [-0.39, 0.29) is 17.1 Å². The van der Waals surface area contributed by atoms with Crippen LogP contribution in [0.25, 0.3) is 0 Å². The Labute approximate surface area is 176 Å². The topological polar surface area (TPSA) is 49.9 Å². The number of rotatable bonds is 2. The van der Waals surface area contributed by atoms with Crippen LogP contribution in [0, 0.1) is 0 Å². The van der Waals surface area contributed by atoms with Crippen LogP contribution in [0.3, 0.4) is 0 Å². The first-order chi connectivity index (χ1) is 11.3. The van der Waals surface area contributed by atoms with E-state index in [4.69, 9.17) is 74.0 Å². The van der Waals surface area contributed by atoms with E-state index >= 15 is 0 Å². The van der Waals surface area contributed by atoms with Crippen molar-refractivity contribution in [1.29, 1.82) is 0 Å². The van der Waals surface area contributed by atoms with Gasteiger partial charge in [-0.2, -0.15) is 0 Å². The molecule has 0 aromatic carbocycles. The lowest BCUT2D eigenvalue weighted by atomic mass is 9.86. The van der Waals surface area contributed by atoms with Gasteiger partial charge in [-0.3, -0.25) is 0 Å². The monoisotopic (exact) mass is 463 g/mol. The number of hydrogen-bond donors (Lipinski definition) is 1. The van der Waals surface area contributed by atoms with E-state index in [1.165, 1.54) is 0 Å². The van der Waals surface area contributed by atoms with Crippen LogP contribution in [0.5, 0.6) is 0 Å². The van der Waals surface area contributed by atoms with Crippen LogP contribution < -0.4 is 5.32 Å². The lowest BCUT2D eigenvalue weighted by molar-refractivity contribution is 0.537. The molecule has 0 aliphatic carbocycles. The summed E-state index contributed by atoms with van der Waals surface area (Å²) in [6, 6.07) is 0. The highest BCUT2D eigenvalue weighted by molar-refractivity contribution is 6.79. The van der Waals surface area contributed by atoms with Crippen LogP contribution in [0.15, 0.2) is 38.8 Å². The fourth-order valence-corrected chi connectivity index (χ4v) is 2.65. The van der Waals surface area contributed by atoms with Gasteiger partial charge in [-0.05, 0) is 29.0 Å². The maximum Gasteiger partial charge on any atom is 0.250 e. The first kappa shape index (κ1) is 21.2. The molecule has 0 unspecified atom stereocenters. The Bertz CT molecular complexity index is 732. The molecule has 1 aliphatic rings. The van der Waals surface area contributed by atoms with Gasteiger partial charge >= 0.3 is 0 Å². The van der Waals surface area contributed by atoms with Crippen LogP contribution >= 0.6 is 69.6 Å². The van der Waals surface area contributed by atoms with Gasteiger partial charge < -0.3 is 9.73 Å². The number of nitrogens with zero attached hydrogens (tertiary/aromatic N) is 2. The molecule has 0 fully saturated rings. The molecule has 0 radical (unpaired) electrons. The van der Waals surface area contributed by atoms with Crippen LogP contribution in [0.1, 0.15) is 31.9 Å². The van der Waals surface area contributed by atoms with E-state index in [1.54, 1.807) is 18.6 Å². The van der Waals surface area contributed by atoms with Crippen molar-refractivity contribution in [2.75, 3.05) is 0 Å². The summed E-state index contributed by atoms with van der Waals surface area (Å²) < 4.78 is 1.66. The lowest BCUT2D eigenvalue weighted by Crippen LogP contribution is -2.39. The molecule has 4 nitrogen and oxygen atoms in total. The van der Waals surface area contributed by atoms with Crippen molar-refractivity contribution in [2.45, 2.75) is 40.2 Å². The van der Waals surface area contributed by atoms with Crippen molar-refractivity contribution < 1.29 is 4.42 Å². The van der Waals surface area contributed by atoms with E-state index < -0.39 is 7.59 Å². The van der Waals surface area contributed by atoms with Gasteiger partial charge in [0.1, 0.15) is 5.82 Å². The Morgan fingerprint density at radius 1 is 1.00 bits per heavy atom. The van der Waals surface area contributed by atoms with Crippen molar-refractivity contribution in [2.24, 2.45) is 9.98 Å². The van der Waals surface area contributed by atoms with E-state index in [1.807, 2.05) is 0 Å². The minimum atomic E-state index is -1.85. The summed E-state index contributed by atoms with van der Waals surface area (Å²) in [5.41, 5.74) is 2.03. The first-order valence-electron chi connectivity index (χ1n) is 7.13. The SMILES string of the molecule is CC(C)(C)c1cocc1CC=C1N=C(C(Cl)(Cl)Cl)N=C(C(Cl)(Cl)Cl)N1. The quantitative estimate of drug-likeness (QED) is 0.536. The number of amidine groups is 2. The Kier molecular flexibility index (Phi) is 6.35. The molecule has 0 spiro atoms. The second kappa shape index (κ2) is 7.49. The molecule has 2 rings (SSSR count). The highest BCUT2D eigenvalue weighted by atomic mass is 35.6. The molecule has 1 N–H and O–H groups in total. The molecule has 138 valence electrons. The Morgan fingerprint density at radius 3 is 2.16 bits per heavy atom. The molecule has 0 atom stereocenters. The van der Waals surface area contributed by atoms with E-state index in [0.717, 1.165) is 11.1 Å². The number of furan rings is 1. The molecule has 0 bridgehead atoms. The van der Waals surface area contributed by atoms with Crippen LogP contribution in [-0.4, -0.2) is 19.3 Å². The average molecular weight is 466 g/mol. The molecule has 1 aromatic heterocycles. The Morgan fingerprint density at radius 2 is 1.64 bits per heavy atom. The molecule has 1 aliphatic heterocycles.